The molecule has 2 heterocycles. The summed E-state index contributed by atoms with van der Waals surface area (Å²) in [6.07, 6.45) is 3.25. The predicted molar refractivity (Wildman–Crippen MR) is 139 cm³/mol. The summed E-state index contributed by atoms with van der Waals surface area (Å²) >= 11 is 0. The third kappa shape index (κ3) is 6.01. The highest BCUT2D eigenvalue weighted by Gasteiger charge is 2.28. The molecule has 10 heteroatoms. The molecule has 1 aliphatic rings. The molecule has 2 N–H and O–H groups in total. The van der Waals surface area contributed by atoms with Gasteiger partial charge in [0.2, 0.25) is 17.6 Å². The molecule has 2 unspecified atom stereocenters. The van der Waals surface area contributed by atoms with Crippen LogP contribution in [-0.4, -0.2) is 50.3 Å². The number of anilines is 3. The van der Waals surface area contributed by atoms with E-state index in [4.69, 9.17) is 14.2 Å². The van der Waals surface area contributed by atoms with E-state index in [-0.39, 0.29) is 11.8 Å². The lowest BCUT2D eigenvalue weighted by Crippen LogP contribution is -2.44. The summed E-state index contributed by atoms with van der Waals surface area (Å²) in [5.74, 6) is 2.23. The summed E-state index contributed by atoms with van der Waals surface area (Å²) in [5.41, 5.74) is 1.44. The zero-order chi connectivity index (χ0) is 26.2. The fourth-order valence-corrected chi connectivity index (χ4v) is 4.36. The van der Waals surface area contributed by atoms with Crippen LogP contribution >= 0.6 is 0 Å². The SMILES string of the molecule is COc1cc(Nc2nccc(N3CCCC(C(=O)NC(C#N)c4ccccc4)C3)n2)cc(OC)c1OC. The maximum Gasteiger partial charge on any atom is 0.229 e. The second kappa shape index (κ2) is 11.9. The van der Waals surface area contributed by atoms with E-state index in [1.54, 1.807) is 39.7 Å². The first kappa shape index (κ1) is 25.6. The Morgan fingerprint density at radius 2 is 1.84 bits per heavy atom. The van der Waals surface area contributed by atoms with Crippen molar-refractivity contribution in [2.24, 2.45) is 5.92 Å². The Morgan fingerprint density at radius 1 is 1.11 bits per heavy atom. The van der Waals surface area contributed by atoms with E-state index in [1.165, 1.54) is 0 Å². The van der Waals surface area contributed by atoms with Crippen molar-refractivity contribution in [3.63, 3.8) is 0 Å². The average Bonchev–Trinajstić information content (AvgIpc) is 2.95. The smallest absolute Gasteiger partial charge is 0.229 e. The van der Waals surface area contributed by atoms with Crippen LogP contribution in [0, 0.1) is 17.2 Å². The van der Waals surface area contributed by atoms with E-state index >= 15 is 0 Å². The number of aromatic nitrogens is 2. The maximum absolute atomic E-state index is 13.0. The van der Waals surface area contributed by atoms with Crippen LogP contribution < -0.4 is 29.7 Å². The minimum atomic E-state index is -0.683. The van der Waals surface area contributed by atoms with Gasteiger partial charge in [-0.3, -0.25) is 4.79 Å². The first-order chi connectivity index (χ1) is 18.1. The number of nitriles is 1. The fourth-order valence-electron chi connectivity index (χ4n) is 4.36. The molecular formula is C27H30N6O4. The highest BCUT2D eigenvalue weighted by atomic mass is 16.5. The lowest BCUT2D eigenvalue weighted by molar-refractivity contribution is -0.125. The highest BCUT2D eigenvalue weighted by molar-refractivity contribution is 5.80. The first-order valence-corrected chi connectivity index (χ1v) is 12.0. The van der Waals surface area contributed by atoms with Crippen molar-refractivity contribution in [3.05, 3.63) is 60.3 Å². The molecule has 192 valence electrons. The molecule has 1 saturated heterocycles. The topological polar surface area (TPSA) is 122 Å². The molecule has 1 amide bonds. The standard InChI is InChI=1S/C27H30N6O4/c1-35-22-14-20(15-23(36-2)25(22)37-3)30-27-29-12-11-24(32-27)33-13-7-10-19(17-33)26(34)31-21(16-28)18-8-5-4-6-9-18/h4-6,8-9,11-12,14-15,19,21H,7,10,13,17H2,1-3H3,(H,31,34)(H,29,30,32). The second-order valence-electron chi connectivity index (χ2n) is 8.54. The van der Waals surface area contributed by atoms with Gasteiger partial charge in [-0.1, -0.05) is 30.3 Å². The Bertz CT molecular complexity index is 1240. The summed E-state index contributed by atoms with van der Waals surface area (Å²) in [6.45, 7) is 1.27. The van der Waals surface area contributed by atoms with Crippen molar-refractivity contribution in [2.75, 3.05) is 44.6 Å². The van der Waals surface area contributed by atoms with E-state index in [1.807, 2.05) is 36.4 Å². The van der Waals surface area contributed by atoms with Crippen LogP contribution in [-0.2, 0) is 4.79 Å². The van der Waals surface area contributed by atoms with E-state index in [2.05, 4.69) is 31.6 Å². The van der Waals surface area contributed by atoms with Crippen LogP contribution in [0.1, 0.15) is 24.4 Å². The molecule has 0 aliphatic carbocycles. The van der Waals surface area contributed by atoms with E-state index in [0.29, 0.717) is 41.2 Å². The second-order valence-corrected chi connectivity index (χ2v) is 8.54. The Kier molecular flexibility index (Phi) is 8.26. The van der Waals surface area contributed by atoms with Gasteiger partial charge in [0.05, 0.1) is 33.3 Å². The van der Waals surface area contributed by atoms with Crippen molar-refractivity contribution in [1.82, 2.24) is 15.3 Å². The van der Waals surface area contributed by atoms with Gasteiger partial charge in [-0.15, -0.1) is 0 Å². The first-order valence-electron chi connectivity index (χ1n) is 12.0. The number of ether oxygens (including phenoxy) is 3. The van der Waals surface area contributed by atoms with Gasteiger partial charge in [0, 0.05) is 37.1 Å². The number of nitrogens with one attached hydrogen (secondary N) is 2. The summed E-state index contributed by atoms with van der Waals surface area (Å²) < 4.78 is 16.2. The van der Waals surface area contributed by atoms with Crippen LogP contribution in [0.3, 0.4) is 0 Å². The third-order valence-corrected chi connectivity index (χ3v) is 6.23. The molecule has 1 fully saturated rings. The van der Waals surface area contributed by atoms with Gasteiger partial charge < -0.3 is 29.7 Å². The van der Waals surface area contributed by atoms with Crippen LogP contribution in [0.15, 0.2) is 54.7 Å². The normalized spacial score (nSPS) is 15.7. The number of methoxy groups -OCH3 is 3. The third-order valence-electron chi connectivity index (χ3n) is 6.23. The summed E-state index contributed by atoms with van der Waals surface area (Å²) in [6, 6.07) is 16.1. The van der Waals surface area contributed by atoms with Crippen LogP contribution in [0.5, 0.6) is 17.2 Å². The number of hydrogen-bond acceptors (Lipinski definition) is 9. The monoisotopic (exact) mass is 502 g/mol. The molecule has 2 atom stereocenters. The maximum atomic E-state index is 13.0. The predicted octanol–water partition coefficient (Wildman–Crippen LogP) is 3.84. The minimum absolute atomic E-state index is 0.134. The summed E-state index contributed by atoms with van der Waals surface area (Å²) in [7, 11) is 4.66. The lowest BCUT2D eigenvalue weighted by Gasteiger charge is -2.33. The van der Waals surface area contributed by atoms with Crippen molar-refractivity contribution in [3.8, 4) is 23.3 Å². The zero-order valence-corrected chi connectivity index (χ0v) is 21.1. The van der Waals surface area contributed by atoms with Crippen molar-refractivity contribution >= 4 is 23.4 Å². The van der Waals surface area contributed by atoms with Crippen molar-refractivity contribution < 1.29 is 19.0 Å². The number of benzene rings is 2. The molecule has 2 aromatic carbocycles. The van der Waals surface area contributed by atoms with Crippen LogP contribution in [0.25, 0.3) is 0 Å². The Balaban J connectivity index is 1.46. The molecule has 0 spiro atoms. The van der Waals surface area contributed by atoms with Gasteiger partial charge in [0.25, 0.3) is 0 Å². The number of carbonyl (C=O) groups excluding carboxylic acids is 1. The Hall–Kier alpha value is -4.52. The molecule has 0 radical (unpaired) electrons. The summed E-state index contributed by atoms with van der Waals surface area (Å²) in [5, 5.41) is 15.7. The van der Waals surface area contributed by atoms with Gasteiger partial charge in [-0.25, -0.2) is 4.98 Å². The number of amides is 1. The molecule has 3 aromatic rings. The molecule has 0 saturated carbocycles. The van der Waals surface area contributed by atoms with E-state index in [9.17, 15) is 10.1 Å². The Morgan fingerprint density at radius 3 is 2.49 bits per heavy atom. The lowest BCUT2D eigenvalue weighted by atomic mass is 9.96. The molecule has 10 nitrogen and oxygen atoms in total. The van der Waals surface area contributed by atoms with Gasteiger partial charge in [0.15, 0.2) is 11.5 Å². The van der Waals surface area contributed by atoms with Gasteiger partial charge in [-0.05, 0) is 24.5 Å². The van der Waals surface area contributed by atoms with Gasteiger partial charge in [-0.2, -0.15) is 10.2 Å². The summed E-state index contributed by atoms with van der Waals surface area (Å²) in [4.78, 5) is 24.1. The molecular weight excluding hydrogens is 472 g/mol. The minimum Gasteiger partial charge on any atom is -0.493 e. The van der Waals surface area contributed by atoms with Gasteiger partial charge in [0.1, 0.15) is 11.9 Å². The molecule has 1 aromatic heterocycles. The van der Waals surface area contributed by atoms with Crippen molar-refractivity contribution in [2.45, 2.75) is 18.9 Å². The number of nitrogens with zero attached hydrogens (tertiary/aromatic N) is 4. The fraction of sp³-hybridized carbons (Fsp3) is 0.333. The molecule has 0 bridgehead atoms. The Labute approximate surface area is 216 Å². The molecule has 1 aliphatic heterocycles. The molecule has 4 rings (SSSR count). The molecule has 37 heavy (non-hydrogen) atoms. The zero-order valence-electron chi connectivity index (χ0n) is 21.1. The van der Waals surface area contributed by atoms with E-state index < -0.39 is 6.04 Å². The number of rotatable bonds is 9. The highest BCUT2D eigenvalue weighted by Crippen LogP contribution is 2.40. The number of hydrogen-bond donors (Lipinski definition) is 2. The van der Waals surface area contributed by atoms with Crippen molar-refractivity contribution in [1.29, 1.82) is 5.26 Å². The number of piperidine rings is 1. The largest absolute Gasteiger partial charge is 0.493 e. The van der Waals surface area contributed by atoms with Gasteiger partial charge >= 0.3 is 0 Å². The van der Waals surface area contributed by atoms with Crippen LogP contribution in [0.2, 0.25) is 0 Å². The average molecular weight is 503 g/mol. The van der Waals surface area contributed by atoms with E-state index in [0.717, 1.165) is 24.9 Å². The quantitative estimate of drug-likeness (QED) is 0.449. The van der Waals surface area contributed by atoms with Crippen LogP contribution in [0.4, 0.5) is 17.5 Å². The number of carbonyl (C=O) groups is 1.